The van der Waals surface area contributed by atoms with Gasteiger partial charge in [-0.25, -0.2) is 0 Å². The molecule has 6 nitrogen and oxygen atoms in total. The van der Waals surface area contributed by atoms with E-state index in [4.69, 9.17) is 0 Å². The molecule has 0 aromatic carbocycles. The predicted molar refractivity (Wildman–Crippen MR) is 74.1 cm³/mol. The molecule has 6 heteroatoms. The summed E-state index contributed by atoms with van der Waals surface area (Å²) in [4.78, 5) is 36.9. The Morgan fingerprint density at radius 3 is 2.75 bits per heavy atom. The first kappa shape index (κ1) is 14.3. The van der Waals surface area contributed by atoms with Crippen molar-refractivity contribution in [2.45, 2.75) is 32.4 Å². The van der Waals surface area contributed by atoms with Crippen molar-refractivity contribution >= 4 is 11.8 Å². The molecule has 1 unspecified atom stereocenters. The van der Waals surface area contributed by atoms with Crippen LogP contribution in [0.1, 0.15) is 19.8 Å². The van der Waals surface area contributed by atoms with E-state index in [0.29, 0.717) is 19.5 Å². The molecule has 1 atom stereocenters. The van der Waals surface area contributed by atoms with Crippen molar-refractivity contribution in [3.05, 3.63) is 34.7 Å². The highest BCUT2D eigenvalue weighted by Crippen LogP contribution is 2.07. The summed E-state index contributed by atoms with van der Waals surface area (Å²) in [5, 5.41) is 2.71. The summed E-state index contributed by atoms with van der Waals surface area (Å²) in [7, 11) is 0. The number of aromatic nitrogens is 1. The topological polar surface area (TPSA) is 71.4 Å². The Bertz CT molecular complexity index is 553. The van der Waals surface area contributed by atoms with E-state index in [1.807, 2.05) is 6.92 Å². The van der Waals surface area contributed by atoms with Gasteiger partial charge < -0.3 is 14.8 Å². The fourth-order valence-corrected chi connectivity index (χ4v) is 2.32. The lowest BCUT2D eigenvalue weighted by Crippen LogP contribution is -2.58. The molecule has 0 spiro atoms. The Morgan fingerprint density at radius 2 is 2.05 bits per heavy atom. The van der Waals surface area contributed by atoms with E-state index in [1.165, 1.54) is 15.5 Å². The summed E-state index contributed by atoms with van der Waals surface area (Å²) in [6, 6.07) is 4.50. The highest BCUT2D eigenvalue weighted by molar-refractivity contribution is 5.94. The highest BCUT2D eigenvalue weighted by Gasteiger charge is 2.31. The minimum absolute atomic E-state index is 0.0598. The van der Waals surface area contributed by atoms with Crippen molar-refractivity contribution in [3.8, 4) is 0 Å². The molecule has 2 heterocycles. The van der Waals surface area contributed by atoms with Gasteiger partial charge in [-0.2, -0.15) is 0 Å². The monoisotopic (exact) mass is 277 g/mol. The van der Waals surface area contributed by atoms with Crippen LogP contribution in [-0.2, 0) is 16.1 Å². The molecule has 108 valence electrons. The van der Waals surface area contributed by atoms with E-state index < -0.39 is 6.04 Å². The maximum absolute atomic E-state index is 12.2. The third-order valence-electron chi connectivity index (χ3n) is 3.37. The van der Waals surface area contributed by atoms with Crippen LogP contribution < -0.4 is 10.9 Å². The summed E-state index contributed by atoms with van der Waals surface area (Å²) < 4.78 is 1.54. The molecule has 1 N–H and O–H groups in total. The number of nitrogens with zero attached hydrogens (tertiary/aromatic N) is 2. The normalized spacial score (nSPS) is 19.1. The Hall–Kier alpha value is -2.11. The van der Waals surface area contributed by atoms with Crippen molar-refractivity contribution in [1.29, 1.82) is 0 Å². The SMILES string of the molecule is CCCC1NC(=O)CN(CCn2ccccc2=O)C1=O. The molecular formula is C14H19N3O3. The van der Waals surface area contributed by atoms with Crippen LogP contribution in [0, 0.1) is 0 Å². The minimum atomic E-state index is -0.422. The smallest absolute Gasteiger partial charge is 0.250 e. The lowest BCUT2D eigenvalue weighted by atomic mass is 10.1. The van der Waals surface area contributed by atoms with Crippen LogP contribution in [0.15, 0.2) is 29.2 Å². The average Bonchev–Trinajstić information content (AvgIpc) is 2.42. The van der Waals surface area contributed by atoms with Crippen molar-refractivity contribution in [1.82, 2.24) is 14.8 Å². The van der Waals surface area contributed by atoms with Crippen molar-refractivity contribution in [2.24, 2.45) is 0 Å². The molecular weight excluding hydrogens is 258 g/mol. The third-order valence-corrected chi connectivity index (χ3v) is 3.37. The number of hydrogen-bond donors (Lipinski definition) is 1. The summed E-state index contributed by atoms with van der Waals surface area (Å²) in [6.07, 6.45) is 3.16. The van der Waals surface area contributed by atoms with E-state index in [1.54, 1.807) is 18.3 Å². The highest BCUT2D eigenvalue weighted by atomic mass is 16.2. The maximum Gasteiger partial charge on any atom is 0.250 e. The van der Waals surface area contributed by atoms with Gasteiger partial charge in [0.1, 0.15) is 6.04 Å². The number of pyridine rings is 1. The predicted octanol–water partition coefficient (Wildman–Crippen LogP) is -0.0246. The van der Waals surface area contributed by atoms with Crippen LogP contribution in [0.4, 0.5) is 0 Å². The molecule has 20 heavy (non-hydrogen) atoms. The largest absolute Gasteiger partial charge is 0.343 e. The molecule has 0 bridgehead atoms. The fourth-order valence-electron chi connectivity index (χ4n) is 2.32. The Kier molecular flexibility index (Phi) is 4.55. The second kappa shape index (κ2) is 6.36. The van der Waals surface area contributed by atoms with Crippen LogP contribution in [0.5, 0.6) is 0 Å². The van der Waals surface area contributed by atoms with Crippen molar-refractivity contribution in [3.63, 3.8) is 0 Å². The molecule has 2 amide bonds. The van der Waals surface area contributed by atoms with Crippen molar-refractivity contribution in [2.75, 3.05) is 13.1 Å². The van der Waals surface area contributed by atoms with Gasteiger partial charge in [-0.05, 0) is 12.5 Å². The van der Waals surface area contributed by atoms with Crippen LogP contribution in [-0.4, -0.2) is 40.4 Å². The van der Waals surface area contributed by atoms with Crippen LogP contribution in [0.25, 0.3) is 0 Å². The number of carbonyl (C=O) groups excluding carboxylic acids is 2. The average molecular weight is 277 g/mol. The first-order valence-electron chi connectivity index (χ1n) is 6.85. The lowest BCUT2D eigenvalue weighted by Gasteiger charge is -2.32. The summed E-state index contributed by atoms with van der Waals surface area (Å²) in [5.41, 5.74) is -0.105. The number of nitrogens with one attached hydrogen (secondary N) is 1. The summed E-state index contributed by atoms with van der Waals surface area (Å²) >= 11 is 0. The summed E-state index contributed by atoms with van der Waals surface area (Å²) in [5.74, 6) is -0.195. The molecule has 1 saturated heterocycles. The van der Waals surface area contributed by atoms with Crippen molar-refractivity contribution < 1.29 is 9.59 Å². The van der Waals surface area contributed by atoms with E-state index in [9.17, 15) is 14.4 Å². The quantitative estimate of drug-likeness (QED) is 0.822. The Morgan fingerprint density at radius 1 is 1.25 bits per heavy atom. The van der Waals surface area contributed by atoms with Crippen LogP contribution >= 0.6 is 0 Å². The van der Waals surface area contributed by atoms with Gasteiger partial charge in [0, 0.05) is 25.4 Å². The maximum atomic E-state index is 12.2. The molecule has 0 aliphatic carbocycles. The number of carbonyl (C=O) groups is 2. The zero-order chi connectivity index (χ0) is 14.5. The summed E-state index contributed by atoms with van der Waals surface area (Å²) in [6.45, 7) is 2.82. The van der Waals surface area contributed by atoms with Gasteiger partial charge in [-0.1, -0.05) is 19.4 Å². The first-order valence-corrected chi connectivity index (χ1v) is 6.85. The minimum Gasteiger partial charge on any atom is -0.343 e. The van der Waals surface area contributed by atoms with Gasteiger partial charge in [0.2, 0.25) is 11.8 Å². The van der Waals surface area contributed by atoms with Gasteiger partial charge in [0.05, 0.1) is 6.54 Å². The molecule has 1 fully saturated rings. The van der Waals surface area contributed by atoms with Crippen LogP contribution in [0.3, 0.4) is 0 Å². The molecule has 1 aromatic rings. The standard InChI is InChI=1S/C14H19N3O3/c1-2-5-11-14(20)17(10-12(18)15-11)9-8-16-7-4-3-6-13(16)19/h3-4,6-7,11H,2,5,8-10H2,1H3,(H,15,18). The fraction of sp³-hybridized carbons (Fsp3) is 0.500. The number of hydrogen-bond acceptors (Lipinski definition) is 3. The third kappa shape index (κ3) is 3.26. The number of rotatable bonds is 5. The van der Waals surface area contributed by atoms with E-state index in [-0.39, 0.29) is 23.9 Å². The number of piperazine rings is 1. The van der Waals surface area contributed by atoms with E-state index >= 15 is 0 Å². The first-order chi connectivity index (χ1) is 9.61. The van der Waals surface area contributed by atoms with Gasteiger partial charge in [-0.15, -0.1) is 0 Å². The molecule has 2 rings (SSSR count). The van der Waals surface area contributed by atoms with E-state index in [2.05, 4.69) is 5.32 Å². The lowest BCUT2D eigenvalue weighted by molar-refractivity contribution is -0.144. The van der Waals surface area contributed by atoms with Gasteiger partial charge in [0.25, 0.3) is 5.56 Å². The zero-order valence-electron chi connectivity index (χ0n) is 11.5. The second-order valence-corrected chi connectivity index (χ2v) is 4.90. The van der Waals surface area contributed by atoms with Gasteiger partial charge >= 0.3 is 0 Å². The Labute approximate surface area is 117 Å². The van der Waals surface area contributed by atoms with Gasteiger partial charge in [-0.3, -0.25) is 14.4 Å². The van der Waals surface area contributed by atoms with E-state index in [0.717, 1.165) is 6.42 Å². The Balaban J connectivity index is 2.01. The van der Waals surface area contributed by atoms with Crippen LogP contribution in [0.2, 0.25) is 0 Å². The molecule has 0 radical (unpaired) electrons. The van der Waals surface area contributed by atoms with Gasteiger partial charge in [0.15, 0.2) is 0 Å². The molecule has 0 saturated carbocycles. The molecule has 1 aliphatic rings. The zero-order valence-corrected chi connectivity index (χ0v) is 11.5. The molecule has 1 aromatic heterocycles. The second-order valence-electron chi connectivity index (χ2n) is 4.90. The molecule has 1 aliphatic heterocycles. The number of amides is 2.